The second-order valence-corrected chi connectivity index (χ2v) is 5.52. The number of benzene rings is 1. The van der Waals surface area contributed by atoms with Gasteiger partial charge in [0.15, 0.2) is 0 Å². The van der Waals surface area contributed by atoms with Crippen LogP contribution in [0.25, 0.3) is 0 Å². The molecule has 0 aliphatic heterocycles. The maximum Gasteiger partial charge on any atom is 0.0406 e. The van der Waals surface area contributed by atoms with Crippen molar-refractivity contribution in [2.24, 2.45) is 11.8 Å². The van der Waals surface area contributed by atoms with E-state index in [1.807, 2.05) is 12.1 Å². The van der Waals surface area contributed by atoms with Gasteiger partial charge in [-0.25, -0.2) is 0 Å². The Kier molecular flexibility index (Phi) is 6.01. The summed E-state index contributed by atoms with van der Waals surface area (Å²) < 4.78 is 0. The topological polar surface area (TPSA) is 12.0 Å². The maximum atomic E-state index is 5.94. The van der Waals surface area contributed by atoms with Crippen LogP contribution in [-0.4, -0.2) is 6.54 Å². The smallest absolute Gasteiger partial charge is 0.0406 e. The Labute approximate surface area is 111 Å². The highest BCUT2D eigenvalue weighted by molar-refractivity contribution is 6.30. The summed E-state index contributed by atoms with van der Waals surface area (Å²) in [5.74, 6) is 1.28. The molecule has 0 saturated heterocycles. The van der Waals surface area contributed by atoms with E-state index in [0.29, 0.717) is 17.9 Å². The van der Waals surface area contributed by atoms with Crippen LogP contribution in [0.4, 0.5) is 0 Å². The molecule has 96 valence electrons. The minimum atomic E-state index is 0.423. The van der Waals surface area contributed by atoms with Crippen molar-refractivity contribution in [1.29, 1.82) is 0 Å². The SMILES string of the molecule is CCCNC(c1ccc(Cl)cc1)C(C)C(C)C. The summed E-state index contributed by atoms with van der Waals surface area (Å²) in [6.45, 7) is 10.1. The number of nitrogens with one attached hydrogen (secondary N) is 1. The van der Waals surface area contributed by atoms with Crippen LogP contribution >= 0.6 is 11.6 Å². The molecule has 0 aromatic heterocycles. The molecule has 1 nitrogen and oxygen atoms in total. The van der Waals surface area contributed by atoms with Crippen LogP contribution in [0.2, 0.25) is 5.02 Å². The van der Waals surface area contributed by atoms with E-state index in [4.69, 9.17) is 11.6 Å². The van der Waals surface area contributed by atoms with E-state index in [2.05, 4.69) is 45.1 Å². The van der Waals surface area contributed by atoms with E-state index in [9.17, 15) is 0 Å². The van der Waals surface area contributed by atoms with Gasteiger partial charge in [0.1, 0.15) is 0 Å². The van der Waals surface area contributed by atoms with Crippen molar-refractivity contribution in [1.82, 2.24) is 5.32 Å². The third kappa shape index (κ3) is 4.33. The summed E-state index contributed by atoms with van der Waals surface area (Å²) in [6, 6.07) is 8.64. The van der Waals surface area contributed by atoms with Crippen molar-refractivity contribution in [3.63, 3.8) is 0 Å². The number of halogens is 1. The molecule has 0 fully saturated rings. The lowest BCUT2D eigenvalue weighted by Gasteiger charge is -2.28. The Morgan fingerprint density at radius 3 is 2.18 bits per heavy atom. The van der Waals surface area contributed by atoms with Crippen LogP contribution < -0.4 is 5.32 Å². The van der Waals surface area contributed by atoms with E-state index in [1.165, 1.54) is 5.56 Å². The Morgan fingerprint density at radius 2 is 1.71 bits per heavy atom. The maximum absolute atomic E-state index is 5.94. The zero-order chi connectivity index (χ0) is 12.8. The van der Waals surface area contributed by atoms with Gasteiger partial charge < -0.3 is 5.32 Å². The second kappa shape index (κ2) is 7.03. The molecule has 0 spiro atoms. The molecule has 1 rings (SSSR count). The molecule has 2 heteroatoms. The van der Waals surface area contributed by atoms with Crippen molar-refractivity contribution in [2.45, 2.75) is 40.2 Å². The van der Waals surface area contributed by atoms with Gasteiger partial charge in [0, 0.05) is 11.1 Å². The zero-order valence-corrected chi connectivity index (χ0v) is 12.1. The van der Waals surface area contributed by atoms with Gasteiger partial charge in [-0.3, -0.25) is 0 Å². The lowest BCUT2D eigenvalue weighted by Crippen LogP contribution is -2.30. The van der Waals surface area contributed by atoms with Gasteiger partial charge >= 0.3 is 0 Å². The fourth-order valence-electron chi connectivity index (χ4n) is 1.96. The summed E-state index contributed by atoms with van der Waals surface area (Å²) in [4.78, 5) is 0. The van der Waals surface area contributed by atoms with E-state index in [-0.39, 0.29) is 0 Å². The number of hydrogen-bond donors (Lipinski definition) is 1. The molecule has 0 aliphatic carbocycles. The minimum Gasteiger partial charge on any atom is -0.310 e. The molecule has 0 aliphatic rings. The molecule has 0 radical (unpaired) electrons. The van der Waals surface area contributed by atoms with E-state index in [1.54, 1.807) is 0 Å². The predicted molar refractivity (Wildman–Crippen MR) is 76.5 cm³/mol. The molecule has 1 N–H and O–H groups in total. The van der Waals surface area contributed by atoms with Gasteiger partial charge in [-0.2, -0.15) is 0 Å². The van der Waals surface area contributed by atoms with Gasteiger partial charge in [-0.1, -0.05) is 51.4 Å². The quantitative estimate of drug-likeness (QED) is 0.777. The Balaban J connectivity index is 2.85. The van der Waals surface area contributed by atoms with E-state index in [0.717, 1.165) is 18.0 Å². The summed E-state index contributed by atoms with van der Waals surface area (Å²) in [6.07, 6.45) is 1.16. The fourth-order valence-corrected chi connectivity index (χ4v) is 2.09. The monoisotopic (exact) mass is 253 g/mol. The molecule has 2 atom stereocenters. The Morgan fingerprint density at radius 1 is 1.12 bits per heavy atom. The van der Waals surface area contributed by atoms with Gasteiger partial charge in [0.05, 0.1) is 0 Å². The molecular formula is C15H24ClN. The summed E-state index contributed by atoms with van der Waals surface area (Å²) in [5.41, 5.74) is 1.34. The van der Waals surface area contributed by atoms with Gasteiger partial charge in [0.25, 0.3) is 0 Å². The summed E-state index contributed by atoms with van der Waals surface area (Å²) >= 11 is 5.94. The molecule has 0 heterocycles. The number of rotatable bonds is 6. The van der Waals surface area contributed by atoms with Crippen LogP contribution in [0.15, 0.2) is 24.3 Å². The van der Waals surface area contributed by atoms with Crippen LogP contribution in [0.1, 0.15) is 45.7 Å². The predicted octanol–water partition coefficient (Wildman–Crippen LogP) is 4.67. The van der Waals surface area contributed by atoms with Gasteiger partial charge in [-0.15, -0.1) is 0 Å². The Hall–Kier alpha value is -0.530. The van der Waals surface area contributed by atoms with E-state index >= 15 is 0 Å². The highest BCUT2D eigenvalue weighted by atomic mass is 35.5. The highest BCUT2D eigenvalue weighted by Gasteiger charge is 2.21. The van der Waals surface area contributed by atoms with Gasteiger partial charge in [0.2, 0.25) is 0 Å². The largest absolute Gasteiger partial charge is 0.310 e. The minimum absolute atomic E-state index is 0.423. The average Bonchev–Trinajstić information content (AvgIpc) is 2.31. The average molecular weight is 254 g/mol. The van der Waals surface area contributed by atoms with Crippen LogP contribution in [0.5, 0.6) is 0 Å². The van der Waals surface area contributed by atoms with Crippen molar-refractivity contribution in [2.75, 3.05) is 6.54 Å². The van der Waals surface area contributed by atoms with Crippen LogP contribution in [0, 0.1) is 11.8 Å². The van der Waals surface area contributed by atoms with Crippen molar-refractivity contribution in [3.8, 4) is 0 Å². The zero-order valence-electron chi connectivity index (χ0n) is 11.3. The second-order valence-electron chi connectivity index (χ2n) is 5.09. The molecule has 0 saturated carbocycles. The van der Waals surface area contributed by atoms with Crippen molar-refractivity contribution >= 4 is 11.6 Å². The Bertz CT molecular complexity index is 318. The van der Waals surface area contributed by atoms with E-state index < -0.39 is 0 Å². The summed E-state index contributed by atoms with van der Waals surface area (Å²) in [7, 11) is 0. The first kappa shape index (κ1) is 14.5. The normalized spacial score (nSPS) is 14.9. The standard InChI is InChI=1S/C15H24ClN/c1-5-10-17-15(12(4)11(2)3)13-6-8-14(16)9-7-13/h6-9,11-12,15,17H,5,10H2,1-4H3. The first-order valence-corrected chi connectivity index (χ1v) is 6.93. The molecule has 1 aromatic carbocycles. The molecular weight excluding hydrogens is 230 g/mol. The van der Waals surface area contributed by atoms with Crippen molar-refractivity contribution < 1.29 is 0 Å². The molecule has 1 aromatic rings. The molecule has 0 bridgehead atoms. The fraction of sp³-hybridized carbons (Fsp3) is 0.600. The summed E-state index contributed by atoms with van der Waals surface area (Å²) in [5, 5.41) is 4.45. The van der Waals surface area contributed by atoms with Gasteiger partial charge in [-0.05, 0) is 42.5 Å². The molecule has 2 unspecified atom stereocenters. The first-order chi connectivity index (χ1) is 8.06. The molecule has 0 amide bonds. The van der Waals surface area contributed by atoms with Crippen LogP contribution in [-0.2, 0) is 0 Å². The third-order valence-electron chi connectivity index (χ3n) is 3.42. The lowest BCUT2D eigenvalue weighted by atomic mass is 9.86. The lowest BCUT2D eigenvalue weighted by molar-refractivity contribution is 0.304. The molecule has 17 heavy (non-hydrogen) atoms. The highest BCUT2D eigenvalue weighted by Crippen LogP contribution is 2.28. The number of hydrogen-bond acceptors (Lipinski definition) is 1. The van der Waals surface area contributed by atoms with Crippen LogP contribution in [0.3, 0.4) is 0 Å². The third-order valence-corrected chi connectivity index (χ3v) is 3.67. The first-order valence-electron chi connectivity index (χ1n) is 6.55. The van der Waals surface area contributed by atoms with Crippen molar-refractivity contribution in [3.05, 3.63) is 34.9 Å².